The Bertz CT molecular complexity index is 743. The number of carbonyl (C=O) groups excluding carboxylic acids is 1. The largest absolute Gasteiger partial charge is 0.468 e. The van der Waals surface area contributed by atoms with Gasteiger partial charge in [-0.15, -0.1) is 0 Å². The molecule has 0 heterocycles. The number of nitro groups is 1. The van der Waals surface area contributed by atoms with Gasteiger partial charge >= 0.3 is 5.97 Å². The molecule has 9 heteroatoms. The van der Waals surface area contributed by atoms with E-state index in [-0.39, 0.29) is 17.2 Å². The first-order chi connectivity index (χ1) is 12.3. The Morgan fingerprint density at radius 3 is 2.58 bits per heavy atom. The lowest BCUT2D eigenvalue weighted by Crippen LogP contribution is -2.43. The number of nitrogens with one attached hydrogen (secondary N) is 1. The summed E-state index contributed by atoms with van der Waals surface area (Å²) in [6.45, 7) is 0. The van der Waals surface area contributed by atoms with Crippen LogP contribution in [-0.2, 0) is 25.3 Å². The lowest BCUT2D eigenvalue weighted by Gasteiger charge is -2.25. The minimum atomic E-state index is -3.95. The maximum absolute atomic E-state index is 12.5. The highest BCUT2D eigenvalue weighted by Gasteiger charge is 2.30. The first kappa shape index (κ1) is 20.3. The summed E-state index contributed by atoms with van der Waals surface area (Å²) in [5.74, 6) is -0.939. The lowest BCUT2D eigenvalue weighted by atomic mass is 9.85. The summed E-state index contributed by atoms with van der Waals surface area (Å²) in [7, 11) is -2.74. The van der Waals surface area contributed by atoms with Crippen molar-refractivity contribution in [1.29, 1.82) is 0 Å². The smallest absolute Gasteiger partial charge is 0.323 e. The van der Waals surface area contributed by atoms with Crippen molar-refractivity contribution in [1.82, 2.24) is 4.72 Å². The fraction of sp³-hybridized carbons (Fsp3) is 0.588. The molecule has 0 aromatic heterocycles. The van der Waals surface area contributed by atoms with E-state index in [9.17, 15) is 23.3 Å². The zero-order chi connectivity index (χ0) is 19.2. The number of methoxy groups -OCH3 is 1. The van der Waals surface area contributed by atoms with Gasteiger partial charge in [-0.05, 0) is 12.3 Å². The van der Waals surface area contributed by atoms with Gasteiger partial charge in [-0.1, -0.05) is 50.3 Å². The normalized spacial score (nSPS) is 16.8. The maximum Gasteiger partial charge on any atom is 0.323 e. The molecule has 26 heavy (non-hydrogen) atoms. The van der Waals surface area contributed by atoms with Crippen LogP contribution in [0.2, 0.25) is 0 Å². The zero-order valence-electron chi connectivity index (χ0n) is 14.7. The van der Waals surface area contributed by atoms with Crippen LogP contribution in [0.15, 0.2) is 24.3 Å². The third kappa shape index (κ3) is 5.77. The van der Waals surface area contributed by atoms with Crippen molar-refractivity contribution in [3.63, 3.8) is 0 Å². The number of sulfonamides is 1. The molecule has 144 valence electrons. The van der Waals surface area contributed by atoms with E-state index in [1.165, 1.54) is 31.4 Å². The number of carbonyl (C=O) groups is 1. The van der Waals surface area contributed by atoms with E-state index in [0.717, 1.165) is 32.1 Å². The van der Waals surface area contributed by atoms with Crippen molar-refractivity contribution in [2.75, 3.05) is 7.11 Å². The van der Waals surface area contributed by atoms with Gasteiger partial charge in [0.05, 0.1) is 17.8 Å². The minimum absolute atomic E-state index is 0.0753. The molecular formula is C17H24N2O6S. The Kier molecular flexibility index (Phi) is 7.10. The molecule has 8 nitrogen and oxygen atoms in total. The van der Waals surface area contributed by atoms with Gasteiger partial charge in [-0.25, -0.2) is 13.1 Å². The molecule has 0 bridgehead atoms. The number of ether oxygens (including phenoxy) is 1. The fourth-order valence-corrected chi connectivity index (χ4v) is 4.73. The fourth-order valence-electron chi connectivity index (χ4n) is 3.37. The van der Waals surface area contributed by atoms with Crippen LogP contribution >= 0.6 is 0 Å². The van der Waals surface area contributed by atoms with Crippen LogP contribution in [0.1, 0.15) is 44.1 Å². The Hall–Kier alpha value is -2.00. The van der Waals surface area contributed by atoms with Crippen LogP contribution in [0, 0.1) is 16.0 Å². The summed E-state index contributed by atoms with van der Waals surface area (Å²) in [4.78, 5) is 22.5. The molecule has 1 aromatic carbocycles. The molecule has 1 saturated carbocycles. The average Bonchev–Trinajstić information content (AvgIpc) is 2.61. The molecule has 1 aliphatic carbocycles. The monoisotopic (exact) mass is 384 g/mol. The van der Waals surface area contributed by atoms with Gasteiger partial charge in [0.1, 0.15) is 6.04 Å². The minimum Gasteiger partial charge on any atom is -0.468 e. The Morgan fingerprint density at radius 2 is 1.96 bits per heavy atom. The van der Waals surface area contributed by atoms with Crippen LogP contribution in [0.25, 0.3) is 0 Å². The maximum atomic E-state index is 12.5. The predicted molar refractivity (Wildman–Crippen MR) is 95.9 cm³/mol. The van der Waals surface area contributed by atoms with Crippen LogP contribution in [-0.4, -0.2) is 32.5 Å². The van der Waals surface area contributed by atoms with E-state index in [2.05, 4.69) is 4.72 Å². The molecule has 1 aromatic rings. The summed E-state index contributed by atoms with van der Waals surface area (Å²) in [6, 6.07) is 4.69. The number of benzene rings is 1. The average molecular weight is 384 g/mol. The number of hydrogen-bond acceptors (Lipinski definition) is 6. The molecule has 1 atom stereocenters. The van der Waals surface area contributed by atoms with Gasteiger partial charge in [-0.2, -0.15) is 0 Å². The van der Waals surface area contributed by atoms with Gasteiger partial charge in [0, 0.05) is 11.6 Å². The molecule has 1 aliphatic rings. The van der Waals surface area contributed by atoms with Crippen molar-refractivity contribution < 1.29 is 22.9 Å². The van der Waals surface area contributed by atoms with Gasteiger partial charge in [-0.3, -0.25) is 14.9 Å². The van der Waals surface area contributed by atoms with E-state index in [0.29, 0.717) is 6.42 Å². The molecule has 0 radical (unpaired) electrons. The summed E-state index contributed by atoms with van der Waals surface area (Å²) in [5.41, 5.74) is -0.189. The molecule has 0 saturated heterocycles. The van der Waals surface area contributed by atoms with Gasteiger partial charge in [0.2, 0.25) is 10.0 Å². The summed E-state index contributed by atoms with van der Waals surface area (Å²) >= 11 is 0. The first-order valence-electron chi connectivity index (χ1n) is 8.62. The highest BCUT2D eigenvalue weighted by molar-refractivity contribution is 7.88. The van der Waals surface area contributed by atoms with Crippen LogP contribution in [0.5, 0.6) is 0 Å². The third-order valence-corrected chi connectivity index (χ3v) is 5.97. The predicted octanol–water partition coefficient (Wildman–Crippen LogP) is 2.53. The lowest BCUT2D eigenvalue weighted by molar-refractivity contribution is -0.385. The number of rotatable bonds is 8. The molecule has 1 unspecified atom stereocenters. The Morgan fingerprint density at radius 1 is 1.31 bits per heavy atom. The highest BCUT2D eigenvalue weighted by Crippen LogP contribution is 2.28. The second-order valence-electron chi connectivity index (χ2n) is 6.58. The SMILES string of the molecule is COC(=O)C(CC1CCCCC1)NS(=O)(=O)Cc1ccccc1[N+](=O)[O-]. The van der Waals surface area contributed by atoms with Gasteiger partial charge in [0.25, 0.3) is 5.69 Å². The van der Waals surface area contributed by atoms with Crippen molar-refractivity contribution in [2.24, 2.45) is 5.92 Å². The van der Waals surface area contributed by atoms with Crippen molar-refractivity contribution >= 4 is 21.7 Å². The molecular weight excluding hydrogens is 360 g/mol. The summed E-state index contributed by atoms with van der Waals surface area (Å²) in [5, 5.41) is 11.1. The van der Waals surface area contributed by atoms with E-state index >= 15 is 0 Å². The molecule has 0 spiro atoms. The van der Waals surface area contributed by atoms with E-state index < -0.39 is 32.7 Å². The number of nitrogens with zero attached hydrogens (tertiary/aromatic N) is 1. The highest BCUT2D eigenvalue weighted by atomic mass is 32.2. The summed E-state index contributed by atoms with van der Waals surface area (Å²) < 4.78 is 32.1. The Labute approximate surface area is 153 Å². The standard InChI is InChI=1S/C17H24N2O6S/c1-25-17(20)15(11-13-7-3-2-4-8-13)18-26(23,24)12-14-9-5-6-10-16(14)19(21)22/h5-6,9-10,13,15,18H,2-4,7-8,11-12H2,1H3. The van der Waals surface area contributed by atoms with E-state index in [4.69, 9.17) is 4.74 Å². The van der Waals surface area contributed by atoms with Crippen LogP contribution in [0.4, 0.5) is 5.69 Å². The molecule has 2 rings (SSSR count). The van der Waals surface area contributed by atoms with Gasteiger partial charge in [0.15, 0.2) is 0 Å². The van der Waals surface area contributed by atoms with Crippen molar-refractivity contribution in [3.8, 4) is 0 Å². The van der Waals surface area contributed by atoms with Crippen molar-refractivity contribution in [2.45, 2.75) is 50.3 Å². The third-order valence-electron chi connectivity index (χ3n) is 4.64. The number of nitro benzene ring substituents is 1. The first-order valence-corrected chi connectivity index (χ1v) is 10.3. The molecule has 0 aliphatic heterocycles. The quantitative estimate of drug-likeness (QED) is 0.418. The van der Waals surface area contributed by atoms with E-state index in [1.807, 2.05) is 0 Å². The molecule has 1 N–H and O–H groups in total. The Balaban J connectivity index is 2.12. The zero-order valence-corrected chi connectivity index (χ0v) is 15.5. The van der Waals surface area contributed by atoms with Crippen molar-refractivity contribution in [3.05, 3.63) is 39.9 Å². The molecule has 1 fully saturated rings. The van der Waals surface area contributed by atoms with Gasteiger partial charge < -0.3 is 4.74 Å². The second kappa shape index (κ2) is 9.09. The van der Waals surface area contributed by atoms with E-state index in [1.54, 1.807) is 0 Å². The number of esters is 1. The topological polar surface area (TPSA) is 116 Å². The number of hydrogen-bond donors (Lipinski definition) is 1. The molecule has 0 amide bonds. The second-order valence-corrected chi connectivity index (χ2v) is 8.33. The summed E-state index contributed by atoms with van der Waals surface area (Å²) in [6.07, 6.45) is 5.59. The number of para-hydroxylation sites is 1. The van der Waals surface area contributed by atoms with Crippen LogP contribution < -0.4 is 4.72 Å². The van der Waals surface area contributed by atoms with Crippen LogP contribution in [0.3, 0.4) is 0 Å².